The normalized spacial score (nSPS) is 16.7. The van der Waals surface area contributed by atoms with Gasteiger partial charge in [-0.2, -0.15) is 0 Å². The van der Waals surface area contributed by atoms with Crippen LogP contribution in [-0.2, 0) is 11.3 Å². The van der Waals surface area contributed by atoms with Gasteiger partial charge in [-0.1, -0.05) is 12.1 Å². The van der Waals surface area contributed by atoms with Gasteiger partial charge in [-0.25, -0.2) is 9.18 Å². The Morgan fingerprint density at radius 1 is 1.28 bits per heavy atom. The van der Waals surface area contributed by atoms with Crippen LogP contribution in [0.2, 0.25) is 0 Å². The molecule has 0 saturated carbocycles. The number of likely N-dealkylation sites (tertiary alicyclic amines) is 1. The second kappa shape index (κ2) is 7.38. The Bertz CT molecular complexity index is 774. The van der Waals surface area contributed by atoms with Crippen molar-refractivity contribution in [2.75, 3.05) is 13.6 Å². The predicted octanol–water partition coefficient (Wildman–Crippen LogP) is 2.51. The van der Waals surface area contributed by atoms with E-state index in [4.69, 9.17) is 4.42 Å². The maximum Gasteiger partial charge on any atom is 0.318 e. The standard InChI is InChI=1S/C18H20FN3O3/c1-20-17(23)15-7-4-10-22(15)18(24)21-11-12-8-9-16(25-12)13-5-2-3-6-14(13)19/h2-3,5-6,8-9,15H,4,7,10-11H2,1H3,(H,20,23)(H,21,24). The molecule has 7 heteroatoms. The monoisotopic (exact) mass is 345 g/mol. The van der Waals surface area contributed by atoms with E-state index in [9.17, 15) is 14.0 Å². The number of benzene rings is 1. The summed E-state index contributed by atoms with van der Waals surface area (Å²) in [7, 11) is 1.56. The molecule has 0 aliphatic carbocycles. The average Bonchev–Trinajstić information content (AvgIpc) is 3.29. The zero-order valence-corrected chi connectivity index (χ0v) is 13.9. The number of amides is 3. The Morgan fingerprint density at radius 3 is 2.84 bits per heavy atom. The van der Waals surface area contributed by atoms with E-state index in [-0.39, 0.29) is 24.3 Å². The van der Waals surface area contributed by atoms with E-state index in [1.807, 2.05) is 0 Å². The van der Waals surface area contributed by atoms with Gasteiger partial charge in [0.1, 0.15) is 23.4 Å². The maximum atomic E-state index is 13.8. The third kappa shape index (κ3) is 3.65. The first-order valence-corrected chi connectivity index (χ1v) is 8.20. The molecule has 0 bridgehead atoms. The number of urea groups is 1. The highest BCUT2D eigenvalue weighted by molar-refractivity contribution is 5.87. The second-order valence-electron chi connectivity index (χ2n) is 5.87. The van der Waals surface area contributed by atoms with Crippen LogP contribution in [0.25, 0.3) is 11.3 Å². The Balaban J connectivity index is 1.62. The summed E-state index contributed by atoms with van der Waals surface area (Å²) in [5.41, 5.74) is 0.374. The zero-order chi connectivity index (χ0) is 17.8. The van der Waals surface area contributed by atoms with Crippen molar-refractivity contribution >= 4 is 11.9 Å². The Hall–Kier alpha value is -2.83. The molecule has 1 aliphatic heterocycles. The summed E-state index contributed by atoms with van der Waals surface area (Å²) >= 11 is 0. The first-order valence-electron chi connectivity index (χ1n) is 8.20. The molecule has 2 heterocycles. The second-order valence-corrected chi connectivity index (χ2v) is 5.87. The minimum atomic E-state index is -0.435. The first-order chi connectivity index (χ1) is 12.1. The topological polar surface area (TPSA) is 74.6 Å². The van der Waals surface area contributed by atoms with Gasteiger partial charge in [0.15, 0.2) is 0 Å². The molecule has 1 unspecified atom stereocenters. The highest BCUT2D eigenvalue weighted by Crippen LogP contribution is 2.25. The van der Waals surface area contributed by atoms with Crippen LogP contribution in [0.15, 0.2) is 40.8 Å². The molecular weight excluding hydrogens is 325 g/mol. The van der Waals surface area contributed by atoms with E-state index < -0.39 is 6.04 Å². The van der Waals surface area contributed by atoms with Gasteiger partial charge in [0, 0.05) is 13.6 Å². The summed E-state index contributed by atoms with van der Waals surface area (Å²) in [5, 5.41) is 5.33. The van der Waals surface area contributed by atoms with Gasteiger partial charge in [0.05, 0.1) is 12.1 Å². The van der Waals surface area contributed by atoms with Crippen LogP contribution < -0.4 is 10.6 Å². The van der Waals surface area contributed by atoms with Crippen molar-refractivity contribution in [3.63, 3.8) is 0 Å². The smallest absolute Gasteiger partial charge is 0.318 e. The highest BCUT2D eigenvalue weighted by atomic mass is 19.1. The number of carbonyl (C=O) groups is 2. The molecule has 25 heavy (non-hydrogen) atoms. The fourth-order valence-electron chi connectivity index (χ4n) is 2.99. The van der Waals surface area contributed by atoms with Crippen molar-refractivity contribution < 1.29 is 18.4 Å². The van der Waals surface area contributed by atoms with Gasteiger partial charge in [0.25, 0.3) is 0 Å². The van der Waals surface area contributed by atoms with Crippen LogP contribution in [0.1, 0.15) is 18.6 Å². The van der Waals surface area contributed by atoms with Crippen molar-refractivity contribution in [2.24, 2.45) is 0 Å². The van der Waals surface area contributed by atoms with Crippen LogP contribution in [0, 0.1) is 5.82 Å². The number of halogens is 1. The zero-order valence-electron chi connectivity index (χ0n) is 13.9. The molecule has 0 radical (unpaired) electrons. The van der Waals surface area contributed by atoms with Crippen molar-refractivity contribution in [1.82, 2.24) is 15.5 Å². The molecular formula is C18H20FN3O3. The summed E-state index contributed by atoms with van der Waals surface area (Å²) in [5.74, 6) is 0.402. The van der Waals surface area contributed by atoms with E-state index in [0.717, 1.165) is 6.42 Å². The number of likely N-dealkylation sites (N-methyl/N-ethyl adjacent to an activating group) is 1. The fraction of sp³-hybridized carbons (Fsp3) is 0.333. The van der Waals surface area contributed by atoms with E-state index in [1.54, 1.807) is 37.4 Å². The van der Waals surface area contributed by atoms with Crippen LogP contribution in [0.4, 0.5) is 9.18 Å². The fourth-order valence-corrected chi connectivity index (χ4v) is 2.99. The first kappa shape index (κ1) is 17.0. The van der Waals surface area contributed by atoms with Crippen molar-refractivity contribution in [3.05, 3.63) is 48.0 Å². The van der Waals surface area contributed by atoms with Crippen LogP contribution >= 0.6 is 0 Å². The third-order valence-electron chi connectivity index (χ3n) is 4.28. The van der Waals surface area contributed by atoms with E-state index in [2.05, 4.69) is 10.6 Å². The predicted molar refractivity (Wildman–Crippen MR) is 90.1 cm³/mol. The summed E-state index contributed by atoms with van der Waals surface area (Å²) < 4.78 is 19.4. The SMILES string of the molecule is CNC(=O)C1CCCN1C(=O)NCc1ccc(-c2ccccc2F)o1. The van der Waals surface area contributed by atoms with Gasteiger partial charge < -0.3 is 20.0 Å². The average molecular weight is 345 g/mol. The molecule has 2 N–H and O–H groups in total. The number of furan rings is 1. The number of nitrogens with zero attached hydrogens (tertiary/aromatic N) is 1. The van der Waals surface area contributed by atoms with Gasteiger partial charge in [-0.3, -0.25) is 4.79 Å². The minimum absolute atomic E-state index is 0.160. The number of hydrogen-bond donors (Lipinski definition) is 2. The number of hydrogen-bond acceptors (Lipinski definition) is 3. The molecule has 3 rings (SSSR count). The number of carbonyl (C=O) groups excluding carboxylic acids is 2. The Kier molecular flexibility index (Phi) is 5.02. The Morgan fingerprint density at radius 2 is 2.08 bits per heavy atom. The molecule has 6 nitrogen and oxygen atoms in total. The molecule has 1 fully saturated rings. The molecule has 132 valence electrons. The third-order valence-corrected chi connectivity index (χ3v) is 4.28. The molecule has 1 aliphatic rings. The van der Waals surface area contributed by atoms with Gasteiger partial charge in [-0.15, -0.1) is 0 Å². The van der Waals surface area contributed by atoms with Gasteiger partial charge in [-0.05, 0) is 37.1 Å². The van der Waals surface area contributed by atoms with E-state index in [1.165, 1.54) is 11.0 Å². The lowest BCUT2D eigenvalue weighted by molar-refractivity contribution is -0.124. The van der Waals surface area contributed by atoms with Crippen molar-refractivity contribution in [2.45, 2.75) is 25.4 Å². The lowest BCUT2D eigenvalue weighted by atomic mass is 10.1. The number of nitrogens with one attached hydrogen (secondary N) is 2. The molecule has 3 amide bonds. The molecule has 1 saturated heterocycles. The summed E-state index contributed by atoms with van der Waals surface area (Å²) in [6.45, 7) is 0.715. The maximum absolute atomic E-state index is 13.8. The summed E-state index contributed by atoms with van der Waals surface area (Å²) in [6, 6.07) is 8.97. The van der Waals surface area contributed by atoms with Crippen LogP contribution in [0.5, 0.6) is 0 Å². The molecule has 1 atom stereocenters. The summed E-state index contributed by atoms with van der Waals surface area (Å²) in [6.07, 6.45) is 1.45. The van der Waals surface area contributed by atoms with Crippen LogP contribution in [-0.4, -0.2) is 36.5 Å². The summed E-state index contributed by atoms with van der Waals surface area (Å²) in [4.78, 5) is 25.6. The molecule has 0 spiro atoms. The quantitative estimate of drug-likeness (QED) is 0.894. The minimum Gasteiger partial charge on any atom is -0.459 e. The molecule has 1 aromatic heterocycles. The lowest BCUT2D eigenvalue weighted by Gasteiger charge is -2.23. The molecule has 2 aromatic rings. The van der Waals surface area contributed by atoms with Crippen molar-refractivity contribution in [3.8, 4) is 11.3 Å². The highest BCUT2D eigenvalue weighted by Gasteiger charge is 2.33. The largest absolute Gasteiger partial charge is 0.459 e. The van der Waals surface area contributed by atoms with E-state index in [0.29, 0.717) is 30.0 Å². The van der Waals surface area contributed by atoms with Crippen LogP contribution in [0.3, 0.4) is 0 Å². The van der Waals surface area contributed by atoms with Crippen molar-refractivity contribution in [1.29, 1.82) is 0 Å². The lowest BCUT2D eigenvalue weighted by Crippen LogP contribution is -2.48. The van der Waals surface area contributed by atoms with Gasteiger partial charge in [0.2, 0.25) is 5.91 Å². The Labute approximate surface area is 145 Å². The number of rotatable bonds is 4. The molecule has 1 aromatic carbocycles. The van der Waals surface area contributed by atoms with E-state index >= 15 is 0 Å². The van der Waals surface area contributed by atoms with Gasteiger partial charge >= 0.3 is 6.03 Å².